The van der Waals surface area contributed by atoms with E-state index in [2.05, 4.69) is 6.07 Å². The van der Waals surface area contributed by atoms with Gasteiger partial charge in [-0.2, -0.15) is 5.26 Å². The van der Waals surface area contributed by atoms with Gasteiger partial charge in [0.1, 0.15) is 17.7 Å². The van der Waals surface area contributed by atoms with E-state index in [0.717, 1.165) is 19.3 Å². The number of nitrogens with zero attached hydrogens (tertiary/aromatic N) is 2. The average molecular weight is 326 g/mol. The molecule has 1 aliphatic carbocycles. The lowest BCUT2D eigenvalue weighted by molar-refractivity contribution is -0.154. The number of nitriles is 1. The molecule has 0 aromatic rings. The van der Waals surface area contributed by atoms with Crippen LogP contribution in [0.5, 0.6) is 0 Å². The van der Waals surface area contributed by atoms with Crippen LogP contribution in [0.25, 0.3) is 0 Å². The Bertz CT molecular complexity index is 483. The van der Waals surface area contributed by atoms with Crippen molar-refractivity contribution in [3.8, 4) is 6.07 Å². The molecule has 1 aliphatic heterocycles. The van der Waals surface area contributed by atoms with E-state index in [1.807, 2.05) is 0 Å². The second kappa shape index (κ2) is 6.78. The minimum Gasteiger partial charge on any atom is -0.459 e. The van der Waals surface area contributed by atoms with Crippen LogP contribution in [0.1, 0.15) is 40.0 Å². The van der Waals surface area contributed by atoms with Crippen molar-refractivity contribution in [2.24, 2.45) is 5.92 Å². The monoisotopic (exact) mass is 326 g/mol. The SMILES string of the molecule is CC(C)(C)OC(=O)N1CSC[C@@H]1C(=O)O[C@H]1CCC[C@H]1C#N. The van der Waals surface area contributed by atoms with Crippen LogP contribution in [0.15, 0.2) is 0 Å². The highest BCUT2D eigenvalue weighted by Crippen LogP contribution is 2.30. The molecule has 22 heavy (non-hydrogen) atoms. The van der Waals surface area contributed by atoms with Gasteiger partial charge in [0, 0.05) is 5.75 Å². The minimum absolute atomic E-state index is 0.229. The molecule has 1 amide bonds. The molecule has 0 bridgehead atoms. The Morgan fingerprint density at radius 2 is 2.05 bits per heavy atom. The van der Waals surface area contributed by atoms with E-state index in [4.69, 9.17) is 14.7 Å². The summed E-state index contributed by atoms with van der Waals surface area (Å²) in [6.45, 7) is 5.37. The van der Waals surface area contributed by atoms with E-state index in [-0.39, 0.29) is 12.0 Å². The molecule has 1 heterocycles. The van der Waals surface area contributed by atoms with Crippen molar-refractivity contribution >= 4 is 23.8 Å². The van der Waals surface area contributed by atoms with Crippen molar-refractivity contribution in [3.63, 3.8) is 0 Å². The smallest absolute Gasteiger partial charge is 0.411 e. The Kier molecular flexibility index (Phi) is 5.22. The molecule has 2 fully saturated rings. The summed E-state index contributed by atoms with van der Waals surface area (Å²) < 4.78 is 10.8. The second-order valence-electron chi connectivity index (χ2n) is 6.61. The van der Waals surface area contributed by atoms with Crippen molar-refractivity contribution in [2.75, 3.05) is 11.6 Å². The first kappa shape index (κ1) is 16.9. The Balaban J connectivity index is 1.96. The number of amides is 1. The summed E-state index contributed by atoms with van der Waals surface area (Å²) in [5, 5.41) is 9.05. The van der Waals surface area contributed by atoms with Gasteiger partial charge in [0.25, 0.3) is 0 Å². The van der Waals surface area contributed by atoms with Crippen LogP contribution in [0.2, 0.25) is 0 Å². The standard InChI is InChI=1S/C15H22N2O4S/c1-15(2,3)21-14(19)17-9-22-8-11(17)13(18)20-12-6-4-5-10(12)7-16/h10-12H,4-6,8-9H2,1-3H3/t10-,11+,12-/m0/s1. The van der Waals surface area contributed by atoms with Crippen molar-refractivity contribution in [1.82, 2.24) is 4.90 Å². The fourth-order valence-electron chi connectivity index (χ4n) is 2.58. The van der Waals surface area contributed by atoms with Gasteiger partial charge in [-0.15, -0.1) is 11.8 Å². The van der Waals surface area contributed by atoms with E-state index in [1.54, 1.807) is 20.8 Å². The summed E-state index contributed by atoms with van der Waals surface area (Å²) in [5.74, 6) is 0.263. The predicted molar refractivity (Wildman–Crippen MR) is 82.0 cm³/mol. The van der Waals surface area contributed by atoms with Crippen molar-refractivity contribution < 1.29 is 19.1 Å². The predicted octanol–water partition coefficient (Wildman–Crippen LogP) is 2.53. The molecule has 2 aliphatic rings. The summed E-state index contributed by atoms with van der Waals surface area (Å²) in [5.41, 5.74) is -0.601. The van der Waals surface area contributed by atoms with Crippen molar-refractivity contribution in [3.05, 3.63) is 0 Å². The normalized spacial score (nSPS) is 28.3. The van der Waals surface area contributed by atoms with Gasteiger partial charge < -0.3 is 9.47 Å². The molecule has 0 N–H and O–H groups in total. The lowest BCUT2D eigenvalue weighted by atomic mass is 10.1. The highest BCUT2D eigenvalue weighted by molar-refractivity contribution is 7.99. The number of ether oxygens (including phenoxy) is 2. The zero-order valence-corrected chi connectivity index (χ0v) is 14.0. The van der Waals surface area contributed by atoms with Gasteiger partial charge in [0.05, 0.1) is 17.9 Å². The molecule has 2 rings (SSSR count). The summed E-state index contributed by atoms with van der Waals surface area (Å²) in [4.78, 5) is 25.9. The molecule has 0 aromatic carbocycles. The third kappa shape index (κ3) is 4.07. The van der Waals surface area contributed by atoms with E-state index in [9.17, 15) is 9.59 Å². The van der Waals surface area contributed by atoms with Gasteiger partial charge in [-0.05, 0) is 40.0 Å². The quantitative estimate of drug-likeness (QED) is 0.726. The van der Waals surface area contributed by atoms with E-state index >= 15 is 0 Å². The third-order valence-corrected chi connectivity index (χ3v) is 4.68. The first-order valence-electron chi connectivity index (χ1n) is 7.49. The Labute approximate surface area is 135 Å². The maximum absolute atomic E-state index is 12.3. The Hall–Kier alpha value is -1.42. The Morgan fingerprint density at radius 1 is 1.32 bits per heavy atom. The van der Waals surface area contributed by atoms with Crippen LogP contribution >= 0.6 is 11.8 Å². The molecular weight excluding hydrogens is 304 g/mol. The fraction of sp³-hybridized carbons (Fsp3) is 0.800. The third-order valence-electron chi connectivity index (χ3n) is 3.67. The first-order chi connectivity index (χ1) is 10.3. The number of hydrogen-bond donors (Lipinski definition) is 0. The molecule has 0 radical (unpaired) electrons. The lowest BCUT2D eigenvalue weighted by Crippen LogP contribution is -2.46. The molecule has 0 unspecified atom stereocenters. The molecule has 7 heteroatoms. The number of carbonyl (C=O) groups is 2. The highest BCUT2D eigenvalue weighted by Gasteiger charge is 2.40. The van der Waals surface area contributed by atoms with E-state index in [1.165, 1.54) is 16.7 Å². The molecule has 122 valence electrons. The van der Waals surface area contributed by atoms with Gasteiger partial charge in [-0.1, -0.05) is 0 Å². The number of carbonyl (C=O) groups excluding carboxylic acids is 2. The fourth-order valence-corrected chi connectivity index (χ4v) is 3.71. The maximum atomic E-state index is 12.3. The molecular formula is C15H22N2O4S. The molecule has 1 saturated heterocycles. The van der Waals surface area contributed by atoms with Crippen LogP contribution in [-0.2, 0) is 14.3 Å². The molecule has 1 saturated carbocycles. The number of thioether (sulfide) groups is 1. The van der Waals surface area contributed by atoms with E-state index < -0.39 is 23.7 Å². The van der Waals surface area contributed by atoms with Gasteiger partial charge in [0.2, 0.25) is 0 Å². The topological polar surface area (TPSA) is 79.6 Å². The van der Waals surface area contributed by atoms with Crippen molar-refractivity contribution in [2.45, 2.75) is 57.8 Å². The van der Waals surface area contributed by atoms with Crippen LogP contribution in [0, 0.1) is 17.2 Å². The Morgan fingerprint density at radius 3 is 2.68 bits per heavy atom. The molecule has 0 spiro atoms. The summed E-state index contributed by atoms with van der Waals surface area (Å²) in [6.07, 6.45) is 1.54. The summed E-state index contributed by atoms with van der Waals surface area (Å²) in [7, 11) is 0. The van der Waals surface area contributed by atoms with Gasteiger partial charge in [-0.3, -0.25) is 4.90 Å². The number of esters is 1. The lowest BCUT2D eigenvalue weighted by Gasteiger charge is -2.27. The van der Waals surface area contributed by atoms with Gasteiger partial charge in [0.15, 0.2) is 0 Å². The number of rotatable bonds is 2. The van der Waals surface area contributed by atoms with Gasteiger partial charge >= 0.3 is 12.1 Å². The first-order valence-corrected chi connectivity index (χ1v) is 8.65. The molecule has 3 atom stereocenters. The molecule has 6 nitrogen and oxygen atoms in total. The van der Waals surface area contributed by atoms with Gasteiger partial charge in [-0.25, -0.2) is 9.59 Å². The molecule has 0 aromatic heterocycles. The maximum Gasteiger partial charge on any atom is 0.411 e. The number of hydrogen-bond acceptors (Lipinski definition) is 6. The average Bonchev–Trinajstić information content (AvgIpc) is 3.04. The van der Waals surface area contributed by atoms with Crippen LogP contribution < -0.4 is 0 Å². The van der Waals surface area contributed by atoms with E-state index in [0.29, 0.717) is 11.6 Å². The van der Waals surface area contributed by atoms with Crippen LogP contribution in [0.3, 0.4) is 0 Å². The summed E-state index contributed by atoms with van der Waals surface area (Å²) >= 11 is 1.50. The largest absolute Gasteiger partial charge is 0.459 e. The van der Waals surface area contributed by atoms with Crippen LogP contribution in [-0.4, -0.2) is 46.3 Å². The van der Waals surface area contributed by atoms with Crippen LogP contribution in [0.4, 0.5) is 4.79 Å². The minimum atomic E-state index is -0.625. The zero-order valence-electron chi connectivity index (χ0n) is 13.2. The highest BCUT2D eigenvalue weighted by atomic mass is 32.2. The summed E-state index contributed by atoms with van der Waals surface area (Å²) in [6, 6.07) is 1.56. The van der Waals surface area contributed by atoms with Crippen molar-refractivity contribution in [1.29, 1.82) is 5.26 Å². The zero-order chi connectivity index (χ0) is 16.3. The second-order valence-corrected chi connectivity index (χ2v) is 7.61.